The van der Waals surface area contributed by atoms with Gasteiger partial charge in [-0.25, -0.2) is 9.78 Å². The van der Waals surface area contributed by atoms with E-state index in [0.29, 0.717) is 17.7 Å². The molecule has 4 rings (SSSR count). The van der Waals surface area contributed by atoms with Crippen molar-refractivity contribution in [1.82, 2.24) is 24.0 Å². The van der Waals surface area contributed by atoms with Crippen molar-refractivity contribution in [2.24, 2.45) is 14.1 Å². The van der Waals surface area contributed by atoms with Crippen LogP contribution in [-0.4, -0.2) is 31.8 Å². The Balaban J connectivity index is 1.42. The van der Waals surface area contributed by atoms with E-state index in [1.54, 1.807) is 13.4 Å². The molecule has 0 amide bonds. The molecular formula is C24H27N5O2. The van der Waals surface area contributed by atoms with Crippen molar-refractivity contribution < 1.29 is 0 Å². The molecule has 0 atom stereocenters. The lowest BCUT2D eigenvalue weighted by Crippen LogP contribution is -2.37. The molecule has 2 aromatic carbocycles. The number of rotatable bonds is 8. The highest BCUT2D eigenvalue weighted by atomic mass is 16.2. The lowest BCUT2D eigenvalue weighted by molar-refractivity contribution is 0.569. The number of hydrogen-bond donors (Lipinski definition) is 1. The Hall–Kier alpha value is -3.45. The number of aryl methyl sites for hydroxylation is 2. The zero-order chi connectivity index (χ0) is 21.8. The molecule has 0 aliphatic carbocycles. The van der Waals surface area contributed by atoms with Gasteiger partial charge < -0.3 is 9.88 Å². The highest BCUT2D eigenvalue weighted by Crippen LogP contribution is 2.23. The van der Waals surface area contributed by atoms with Gasteiger partial charge in [-0.3, -0.25) is 13.9 Å². The van der Waals surface area contributed by atoms with Crippen molar-refractivity contribution in [2.75, 3.05) is 13.1 Å². The van der Waals surface area contributed by atoms with Crippen molar-refractivity contribution in [3.8, 4) is 0 Å². The van der Waals surface area contributed by atoms with Crippen molar-refractivity contribution in [1.29, 1.82) is 0 Å². The van der Waals surface area contributed by atoms with Gasteiger partial charge in [0.05, 0.1) is 6.33 Å². The van der Waals surface area contributed by atoms with Gasteiger partial charge in [-0.15, -0.1) is 0 Å². The Bertz CT molecular complexity index is 1230. The van der Waals surface area contributed by atoms with E-state index in [1.807, 2.05) is 16.7 Å². The van der Waals surface area contributed by atoms with Crippen LogP contribution in [0.3, 0.4) is 0 Å². The minimum absolute atomic E-state index is 0.276. The van der Waals surface area contributed by atoms with Crippen LogP contribution in [0.25, 0.3) is 11.2 Å². The number of hydrogen-bond acceptors (Lipinski definition) is 4. The highest BCUT2D eigenvalue weighted by Gasteiger charge is 2.15. The summed E-state index contributed by atoms with van der Waals surface area (Å²) in [7, 11) is 3.13. The number of nitrogens with zero attached hydrogens (tertiary/aromatic N) is 4. The summed E-state index contributed by atoms with van der Waals surface area (Å²) in [5.74, 6) is 0.276. The monoisotopic (exact) mass is 417 g/mol. The normalized spacial score (nSPS) is 11.5. The van der Waals surface area contributed by atoms with E-state index in [4.69, 9.17) is 0 Å². The Morgan fingerprint density at radius 1 is 0.903 bits per heavy atom. The third-order valence-corrected chi connectivity index (χ3v) is 5.72. The van der Waals surface area contributed by atoms with Gasteiger partial charge in [0.2, 0.25) is 0 Å². The van der Waals surface area contributed by atoms with Crippen molar-refractivity contribution >= 4 is 11.2 Å². The summed E-state index contributed by atoms with van der Waals surface area (Å²) in [6.45, 7) is 2.29. The third-order valence-electron chi connectivity index (χ3n) is 5.72. The molecule has 0 saturated heterocycles. The second-order valence-corrected chi connectivity index (χ2v) is 7.75. The molecule has 160 valence electrons. The molecule has 31 heavy (non-hydrogen) atoms. The quantitative estimate of drug-likeness (QED) is 0.446. The summed E-state index contributed by atoms with van der Waals surface area (Å²) in [5.41, 5.74) is 2.79. The van der Waals surface area contributed by atoms with E-state index < -0.39 is 0 Å². The molecule has 0 aliphatic rings. The first-order valence-corrected chi connectivity index (χ1v) is 10.5. The van der Waals surface area contributed by atoms with Crippen LogP contribution in [0, 0.1) is 0 Å². The Kier molecular flexibility index (Phi) is 6.13. The fourth-order valence-electron chi connectivity index (χ4n) is 3.99. The van der Waals surface area contributed by atoms with Gasteiger partial charge in [-0.05, 0) is 24.1 Å². The van der Waals surface area contributed by atoms with Gasteiger partial charge in [-0.2, -0.15) is 0 Å². The molecule has 0 bridgehead atoms. The van der Waals surface area contributed by atoms with E-state index in [2.05, 4.69) is 58.8 Å². The van der Waals surface area contributed by atoms with Crippen molar-refractivity contribution in [2.45, 2.75) is 18.9 Å². The SMILES string of the molecule is Cn1c(=O)c2c(ncn2CCCNCC(c2ccccc2)c2ccccc2)n(C)c1=O. The minimum Gasteiger partial charge on any atom is -0.325 e. The maximum Gasteiger partial charge on any atom is 0.332 e. The predicted octanol–water partition coefficient (Wildman–Crippen LogP) is 2.25. The van der Waals surface area contributed by atoms with Gasteiger partial charge in [0.15, 0.2) is 11.2 Å². The molecule has 7 nitrogen and oxygen atoms in total. The number of imidazole rings is 1. The lowest BCUT2D eigenvalue weighted by Gasteiger charge is -2.19. The minimum atomic E-state index is -0.364. The summed E-state index contributed by atoms with van der Waals surface area (Å²) in [5, 5.41) is 3.57. The molecule has 0 fully saturated rings. The number of benzene rings is 2. The summed E-state index contributed by atoms with van der Waals surface area (Å²) in [6.07, 6.45) is 2.48. The van der Waals surface area contributed by atoms with Crippen LogP contribution in [0.5, 0.6) is 0 Å². The smallest absolute Gasteiger partial charge is 0.325 e. The second kappa shape index (κ2) is 9.14. The fraction of sp³-hybridized carbons (Fsp3) is 0.292. The molecular weight excluding hydrogens is 390 g/mol. The second-order valence-electron chi connectivity index (χ2n) is 7.75. The molecule has 2 aromatic heterocycles. The number of fused-ring (bicyclic) bond motifs is 1. The molecule has 1 N–H and O–H groups in total. The van der Waals surface area contributed by atoms with E-state index >= 15 is 0 Å². The standard InChI is InChI=1S/C24H27N5O2/c1-27-22-21(23(30)28(2)24(27)31)29(17-26-22)15-9-14-25-16-20(18-10-5-3-6-11-18)19-12-7-4-8-13-19/h3-8,10-13,17,20,25H,9,14-16H2,1-2H3. The van der Waals surface area contributed by atoms with Crippen LogP contribution in [0.2, 0.25) is 0 Å². The Morgan fingerprint density at radius 3 is 2.13 bits per heavy atom. The van der Waals surface area contributed by atoms with E-state index in [0.717, 1.165) is 24.1 Å². The van der Waals surface area contributed by atoms with Crippen LogP contribution in [0.15, 0.2) is 76.6 Å². The number of nitrogens with one attached hydrogen (secondary N) is 1. The van der Waals surface area contributed by atoms with Gasteiger partial charge in [0.25, 0.3) is 5.56 Å². The highest BCUT2D eigenvalue weighted by molar-refractivity contribution is 5.69. The molecule has 7 heteroatoms. The van der Waals surface area contributed by atoms with Gasteiger partial charge in [0, 0.05) is 33.1 Å². The maximum absolute atomic E-state index is 12.5. The fourth-order valence-corrected chi connectivity index (χ4v) is 3.99. The van der Waals surface area contributed by atoms with Gasteiger partial charge in [0.1, 0.15) is 0 Å². The van der Waals surface area contributed by atoms with Crippen LogP contribution in [0.4, 0.5) is 0 Å². The van der Waals surface area contributed by atoms with Crippen LogP contribution < -0.4 is 16.6 Å². The largest absolute Gasteiger partial charge is 0.332 e. The van der Waals surface area contributed by atoms with Crippen molar-refractivity contribution in [3.05, 3.63) is 99.0 Å². The average Bonchev–Trinajstić information content (AvgIpc) is 3.24. The van der Waals surface area contributed by atoms with E-state index in [9.17, 15) is 9.59 Å². The van der Waals surface area contributed by atoms with Crippen LogP contribution in [0.1, 0.15) is 23.5 Å². The topological polar surface area (TPSA) is 73.8 Å². The molecule has 4 aromatic rings. The summed E-state index contributed by atoms with van der Waals surface area (Å²) >= 11 is 0. The first-order valence-electron chi connectivity index (χ1n) is 10.5. The summed E-state index contributed by atoms with van der Waals surface area (Å²) in [6, 6.07) is 21.0. The zero-order valence-electron chi connectivity index (χ0n) is 17.9. The van der Waals surface area contributed by atoms with Crippen LogP contribution >= 0.6 is 0 Å². The Morgan fingerprint density at radius 2 is 1.52 bits per heavy atom. The van der Waals surface area contributed by atoms with E-state index in [-0.39, 0.29) is 17.2 Å². The average molecular weight is 418 g/mol. The summed E-state index contributed by atoms with van der Waals surface area (Å²) in [4.78, 5) is 28.9. The van der Waals surface area contributed by atoms with Gasteiger partial charge in [-0.1, -0.05) is 60.7 Å². The summed E-state index contributed by atoms with van der Waals surface area (Å²) < 4.78 is 4.38. The van der Waals surface area contributed by atoms with Crippen molar-refractivity contribution in [3.63, 3.8) is 0 Å². The number of aromatic nitrogens is 4. The molecule has 0 aliphatic heterocycles. The Labute approximate surface area is 180 Å². The molecule has 0 spiro atoms. The third kappa shape index (κ3) is 4.22. The molecule has 0 radical (unpaired) electrons. The lowest BCUT2D eigenvalue weighted by atomic mass is 9.91. The maximum atomic E-state index is 12.5. The molecule has 0 unspecified atom stereocenters. The zero-order valence-corrected chi connectivity index (χ0v) is 17.9. The molecule has 0 saturated carbocycles. The first kappa shape index (κ1) is 20.8. The predicted molar refractivity (Wildman–Crippen MR) is 122 cm³/mol. The van der Waals surface area contributed by atoms with Gasteiger partial charge >= 0.3 is 5.69 Å². The van der Waals surface area contributed by atoms with Crippen LogP contribution in [-0.2, 0) is 20.6 Å². The first-order chi connectivity index (χ1) is 15.1. The van der Waals surface area contributed by atoms with E-state index in [1.165, 1.54) is 22.7 Å². The molecule has 2 heterocycles.